The number of carbonyl (C=O) groups excluding carboxylic acids is 1. The Hall–Kier alpha value is -3.36. The topological polar surface area (TPSA) is 87.7 Å². The zero-order valence-electron chi connectivity index (χ0n) is 19.8. The van der Waals surface area contributed by atoms with E-state index < -0.39 is 10.0 Å². The second kappa shape index (κ2) is 11.4. The first-order valence-corrected chi connectivity index (χ1v) is 13.3. The highest BCUT2D eigenvalue weighted by molar-refractivity contribution is 7.92. The fourth-order valence-corrected chi connectivity index (χ4v) is 5.41. The summed E-state index contributed by atoms with van der Waals surface area (Å²) in [6.07, 6.45) is 3.51. The molecule has 35 heavy (non-hydrogen) atoms. The smallest absolute Gasteiger partial charge is 0.261 e. The van der Waals surface area contributed by atoms with Crippen LogP contribution in [0.2, 0.25) is 0 Å². The number of nitrogens with zero attached hydrogens (tertiary/aromatic N) is 1. The molecular formula is C27H31N3O4S. The Morgan fingerprint density at radius 2 is 1.66 bits per heavy atom. The van der Waals surface area contributed by atoms with E-state index in [4.69, 9.17) is 4.74 Å². The monoisotopic (exact) mass is 493 g/mol. The van der Waals surface area contributed by atoms with Gasteiger partial charge >= 0.3 is 0 Å². The van der Waals surface area contributed by atoms with Gasteiger partial charge in [-0.3, -0.25) is 14.4 Å². The van der Waals surface area contributed by atoms with Crippen LogP contribution in [0.4, 0.5) is 5.69 Å². The zero-order valence-corrected chi connectivity index (χ0v) is 20.6. The molecule has 0 saturated carbocycles. The minimum atomic E-state index is -3.74. The first-order chi connectivity index (χ1) is 17.0. The summed E-state index contributed by atoms with van der Waals surface area (Å²) in [5.41, 5.74) is 1.85. The maximum absolute atomic E-state index is 13.0. The maximum atomic E-state index is 13.0. The summed E-state index contributed by atoms with van der Waals surface area (Å²) in [4.78, 5) is 15.6. The standard InChI is InChI=1S/C27H31N3O4S/c1-34-24-15-13-21(14-16-24)26(30-17-6-3-7-18-30)20-28-27(31)22-9-8-10-23(19-22)29-35(32,33)25-11-4-2-5-12-25/h2,4-5,8-16,19,26,29H,3,6-7,17-18,20H2,1H3,(H,28,31)/t26-/m0/s1. The molecule has 0 spiro atoms. The van der Waals surface area contributed by atoms with Crippen LogP contribution < -0.4 is 14.8 Å². The molecule has 3 aromatic carbocycles. The molecule has 7 nitrogen and oxygen atoms in total. The van der Waals surface area contributed by atoms with Crippen LogP contribution in [-0.4, -0.2) is 46.0 Å². The van der Waals surface area contributed by atoms with E-state index in [1.807, 2.05) is 24.3 Å². The number of amides is 1. The Balaban J connectivity index is 1.46. The van der Waals surface area contributed by atoms with E-state index >= 15 is 0 Å². The average Bonchev–Trinajstić information content (AvgIpc) is 2.90. The summed E-state index contributed by atoms with van der Waals surface area (Å²) in [6, 6.07) is 22.7. The van der Waals surface area contributed by atoms with Crippen molar-refractivity contribution < 1.29 is 17.9 Å². The Morgan fingerprint density at radius 1 is 0.943 bits per heavy atom. The van der Waals surface area contributed by atoms with Gasteiger partial charge < -0.3 is 10.1 Å². The number of hydrogen-bond donors (Lipinski definition) is 2. The third-order valence-corrected chi connectivity index (χ3v) is 7.62. The number of piperidine rings is 1. The molecule has 1 aliphatic rings. The second-order valence-electron chi connectivity index (χ2n) is 8.59. The Bertz CT molecular complexity index is 1220. The van der Waals surface area contributed by atoms with Gasteiger partial charge in [-0.2, -0.15) is 0 Å². The van der Waals surface area contributed by atoms with Crippen molar-refractivity contribution in [3.8, 4) is 5.75 Å². The Labute approximate surface area is 207 Å². The van der Waals surface area contributed by atoms with Gasteiger partial charge in [0, 0.05) is 17.8 Å². The number of ether oxygens (including phenoxy) is 1. The normalized spacial score (nSPS) is 15.2. The van der Waals surface area contributed by atoms with Crippen LogP contribution in [0.5, 0.6) is 5.75 Å². The van der Waals surface area contributed by atoms with E-state index in [0.29, 0.717) is 17.8 Å². The fourth-order valence-electron chi connectivity index (χ4n) is 4.34. The van der Waals surface area contributed by atoms with E-state index in [0.717, 1.165) is 37.2 Å². The third-order valence-electron chi connectivity index (χ3n) is 6.22. The van der Waals surface area contributed by atoms with Crippen molar-refractivity contribution in [2.45, 2.75) is 30.2 Å². The Kier molecular flexibility index (Phi) is 8.05. The van der Waals surface area contributed by atoms with Gasteiger partial charge in [0.15, 0.2) is 0 Å². The van der Waals surface area contributed by atoms with E-state index in [2.05, 4.69) is 14.9 Å². The SMILES string of the molecule is COc1ccc([C@H](CNC(=O)c2cccc(NS(=O)(=O)c3ccccc3)c2)N2CCCCC2)cc1. The summed E-state index contributed by atoms with van der Waals surface area (Å²) in [6.45, 7) is 2.43. The minimum absolute atomic E-state index is 0.0462. The van der Waals surface area contributed by atoms with E-state index in [1.54, 1.807) is 49.6 Å². The molecule has 4 rings (SSSR count). The summed E-state index contributed by atoms with van der Waals surface area (Å²) in [7, 11) is -2.09. The number of likely N-dealkylation sites (tertiary alicyclic amines) is 1. The molecule has 1 heterocycles. The van der Waals surface area contributed by atoms with Crippen molar-refractivity contribution in [1.82, 2.24) is 10.2 Å². The first kappa shape index (κ1) is 24.8. The molecule has 0 aliphatic carbocycles. The van der Waals surface area contributed by atoms with Crippen molar-refractivity contribution >= 4 is 21.6 Å². The highest BCUT2D eigenvalue weighted by Crippen LogP contribution is 2.26. The largest absolute Gasteiger partial charge is 0.497 e. The molecule has 1 fully saturated rings. The van der Waals surface area contributed by atoms with Crippen molar-refractivity contribution in [2.75, 3.05) is 31.5 Å². The van der Waals surface area contributed by atoms with E-state index in [1.165, 1.54) is 18.6 Å². The quantitative estimate of drug-likeness (QED) is 0.460. The lowest BCUT2D eigenvalue weighted by molar-refractivity contribution is 0.0924. The van der Waals surface area contributed by atoms with Gasteiger partial charge in [0.05, 0.1) is 18.0 Å². The van der Waals surface area contributed by atoms with Gasteiger partial charge in [-0.05, 0) is 74.0 Å². The molecule has 8 heteroatoms. The van der Waals surface area contributed by atoms with Gasteiger partial charge in [-0.15, -0.1) is 0 Å². The van der Waals surface area contributed by atoms with Crippen LogP contribution >= 0.6 is 0 Å². The highest BCUT2D eigenvalue weighted by atomic mass is 32.2. The molecule has 184 valence electrons. The molecule has 2 N–H and O–H groups in total. The number of carbonyl (C=O) groups is 1. The highest BCUT2D eigenvalue weighted by Gasteiger charge is 2.23. The van der Waals surface area contributed by atoms with Crippen molar-refractivity contribution in [3.63, 3.8) is 0 Å². The third kappa shape index (κ3) is 6.41. The molecule has 1 saturated heterocycles. The summed E-state index contributed by atoms with van der Waals surface area (Å²) < 4.78 is 33.1. The number of rotatable bonds is 9. The number of sulfonamides is 1. The zero-order chi connectivity index (χ0) is 24.7. The van der Waals surface area contributed by atoms with Crippen molar-refractivity contribution in [1.29, 1.82) is 0 Å². The lowest BCUT2D eigenvalue weighted by atomic mass is 10.0. The molecule has 1 amide bonds. The van der Waals surface area contributed by atoms with Crippen LogP contribution in [0.15, 0.2) is 83.8 Å². The number of benzene rings is 3. The summed E-state index contributed by atoms with van der Waals surface area (Å²) >= 11 is 0. The number of hydrogen-bond acceptors (Lipinski definition) is 5. The molecule has 3 aromatic rings. The lowest BCUT2D eigenvalue weighted by Gasteiger charge is -2.35. The number of nitrogens with one attached hydrogen (secondary N) is 2. The minimum Gasteiger partial charge on any atom is -0.497 e. The van der Waals surface area contributed by atoms with Crippen LogP contribution in [-0.2, 0) is 10.0 Å². The maximum Gasteiger partial charge on any atom is 0.261 e. The predicted molar refractivity (Wildman–Crippen MR) is 137 cm³/mol. The number of methoxy groups -OCH3 is 1. The average molecular weight is 494 g/mol. The van der Waals surface area contributed by atoms with Gasteiger partial charge in [0.25, 0.3) is 15.9 Å². The molecule has 0 aromatic heterocycles. The summed E-state index contributed by atoms with van der Waals surface area (Å²) in [5, 5.41) is 3.06. The second-order valence-corrected chi connectivity index (χ2v) is 10.3. The van der Waals surface area contributed by atoms with Crippen LogP contribution in [0.1, 0.15) is 41.2 Å². The van der Waals surface area contributed by atoms with Crippen LogP contribution in [0, 0.1) is 0 Å². The lowest BCUT2D eigenvalue weighted by Crippen LogP contribution is -2.40. The van der Waals surface area contributed by atoms with Gasteiger partial charge in [0.1, 0.15) is 5.75 Å². The fraction of sp³-hybridized carbons (Fsp3) is 0.296. The van der Waals surface area contributed by atoms with E-state index in [-0.39, 0.29) is 16.8 Å². The van der Waals surface area contributed by atoms with Gasteiger partial charge in [-0.25, -0.2) is 8.42 Å². The van der Waals surface area contributed by atoms with Crippen molar-refractivity contribution in [2.24, 2.45) is 0 Å². The van der Waals surface area contributed by atoms with Crippen molar-refractivity contribution in [3.05, 3.63) is 90.0 Å². The van der Waals surface area contributed by atoms with Crippen LogP contribution in [0.3, 0.4) is 0 Å². The Morgan fingerprint density at radius 3 is 2.34 bits per heavy atom. The van der Waals surface area contributed by atoms with Gasteiger partial charge in [-0.1, -0.05) is 42.8 Å². The molecule has 0 bridgehead atoms. The molecule has 1 aliphatic heterocycles. The number of anilines is 1. The van der Waals surface area contributed by atoms with Gasteiger partial charge in [0.2, 0.25) is 0 Å². The molecule has 1 atom stereocenters. The van der Waals surface area contributed by atoms with E-state index in [9.17, 15) is 13.2 Å². The molecule has 0 unspecified atom stereocenters. The first-order valence-electron chi connectivity index (χ1n) is 11.8. The van der Waals surface area contributed by atoms with Crippen LogP contribution in [0.25, 0.3) is 0 Å². The molecular weight excluding hydrogens is 462 g/mol. The molecule has 0 radical (unpaired) electrons. The predicted octanol–water partition coefficient (Wildman–Crippen LogP) is 4.45. The summed E-state index contributed by atoms with van der Waals surface area (Å²) in [5.74, 6) is 0.547.